The normalized spacial score (nSPS) is 10.9. The van der Waals surface area contributed by atoms with Gasteiger partial charge in [0.2, 0.25) is 0 Å². The Labute approximate surface area is 112 Å². The van der Waals surface area contributed by atoms with Gasteiger partial charge in [-0.1, -0.05) is 17.7 Å². The molecule has 0 aliphatic heterocycles. The van der Waals surface area contributed by atoms with Crippen molar-refractivity contribution in [3.63, 3.8) is 0 Å². The summed E-state index contributed by atoms with van der Waals surface area (Å²) in [7, 11) is 0. The summed E-state index contributed by atoms with van der Waals surface area (Å²) in [5.74, 6) is -0.391. The molecule has 0 unspecified atom stereocenters. The van der Waals surface area contributed by atoms with E-state index in [0.717, 1.165) is 0 Å². The van der Waals surface area contributed by atoms with E-state index in [1.165, 1.54) is 12.1 Å². The maximum atomic E-state index is 13.4. The van der Waals surface area contributed by atoms with E-state index in [9.17, 15) is 4.39 Å². The van der Waals surface area contributed by atoms with Crippen LogP contribution in [0.25, 0.3) is 0 Å². The van der Waals surface area contributed by atoms with Crippen LogP contribution in [0.15, 0.2) is 18.2 Å². The van der Waals surface area contributed by atoms with E-state index < -0.39 is 5.82 Å². The van der Waals surface area contributed by atoms with Gasteiger partial charge in [-0.3, -0.25) is 0 Å². The molecule has 1 rings (SSSR count). The van der Waals surface area contributed by atoms with Crippen molar-refractivity contribution in [2.45, 2.75) is 26.6 Å². The first-order chi connectivity index (χ1) is 8.69. The molecule has 0 spiro atoms. The Kier molecular flexibility index (Phi) is 7.01. The molecule has 0 N–H and O–H groups in total. The second-order valence-corrected chi connectivity index (χ2v) is 3.94. The number of hydrogen-bond acceptors (Lipinski definition) is 3. The van der Waals surface area contributed by atoms with Crippen LogP contribution >= 0.6 is 11.6 Å². The zero-order valence-corrected chi connectivity index (χ0v) is 11.4. The molecule has 0 saturated heterocycles. The topological polar surface area (TPSA) is 27.7 Å². The summed E-state index contributed by atoms with van der Waals surface area (Å²) >= 11 is 5.84. The van der Waals surface area contributed by atoms with E-state index in [1.54, 1.807) is 6.07 Å². The second-order valence-electron chi connectivity index (χ2n) is 3.53. The third-order valence-corrected chi connectivity index (χ3v) is 2.52. The standard InChI is InChI=1S/C13H18ClFO3/c1-3-16-12(17-4-2)8-9-18-13-10(14)6-5-7-11(13)15/h5-7,12H,3-4,8-9H2,1-2H3. The Morgan fingerprint density at radius 1 is 1.22 bits per heavy atom. The molecule has 0 amide bonds. The molecule has 0 aliphatic carbocycles. The molecule has 1 aromatic rings. The van der Waals surface area contributed by atoms with Gasteiger partial charge >= 0.3 is 0 Å². The Morgan fingerprint density at radius 3 is 2.44 bits per heavy atom. The minimum atomic E-state index is -0.466. The number of rotatable bonds is 8. The Hall–Kier alpha value is -0.840. The molecule has 18 heavy (non-hydrogen) atoms. The van der Waals surface area contributed by atoms with Gasteiger partial charge in [0.15, 0.2) is 17.9 Å². The van der Waals surface area contributed by atoms with E-state index in [1.807, 2.05) is 13.8 Å². The fourth-order valence-corrected chi connectivity index (χ4v) is 1.68. The Bertz CT molecular complexity index is 334. The molecule has 0 aromatic heterocycles. The molecule has 102 valence electrons. The molecule has 0 fully saturated rings. The van der Waals surface area contributed by atoms with Crippen LogP contribution < -0.4 is 4.74 Å². The van der Waals surface area contributed by atoms with Crippen LogP contribution in [0.5, 0.6) is 5.75 Å². The van der Waals surface area contributed by atoms with E-state index in [-0.39, 0.29) is 23.7 Å². The second kappa shape index (κ2) is 8.29. The number of para-hydroxylation sites is 1. The van der Waals surface area contributed by atoms with Crippen LogP contribution in [0.4, 0.5) is 4.39 Å². The van der Waals surface area contributed by atoms with Gasteiger partial charge in [-0.2, -0.15) is 0 Å². The summed E-state index contributed by atoms with van der Waals surface area (Å²) < 4.78 is 29.4. The molecule has 3 nitrogen and oxygen atoms in total. The molecular formula is C13H18ClFO3. The summed E-state index contributed by atoms with van der Waals surface area (Å²) in [5.41, 5.74) is 0. The average Bonchev–Trinajstić information content (AvgIpc) is 2.33. The van der Waals surface area contributed by atoms with E-state index in [4.69, 9.17) is 25.8 Å². The van der Waals surface area contributed by atoms with Crippen LogP contribution in [-0.2, 0) is 9.47 Å². The minimum Gasteiger partial charge on any atom is -0.489 e. The van der Waals surface area contributed by atoms with Crippen molar-refractivity contribution in [3.8, 4) is 5.75 Å². The van der Waals surface area contributed by atoms with Crippen LogP contribution in [-0.4, -0.2) is 26.1 Å². The number of halogens is 2. The van der Waals surface area contributed by atoms with Crippen molar-refractivity contribution in [2.24, 2.45) is 0 Å². The lowest BCUT2D eigenvalue weighted by atomic mass is 10.3. The van der Waals surface area contributed by atoms with Crippen molar-refractivity contribution < 1.29 is 18.6 Å². The molecule has 0 radical (unpaired) electrons. The largest absolute Gasteiger partial charge is 0.489 e. The number of benzene rings is 1. The first kappa shape index (κ1) is 15.2. The quantitative estimate of drug-likeness (QED) is 0.679. The van der Waals surface area contributed by atoms with Crippen molar-refractivity contribution >= 4 is 11.6 Å². The fourth-order valence-electron chi connectivity index (χ4n) is 1.46. The molecular weight excluding hydrogens is 259 g/mol. The fraction of sp³-hybridized carbons (Fsp3) is 0.538. The van der Waals surface area contributed by atoms with Gasteiger partial charge in [-0.05, 0) is 26.0 Å². The summed E-state index contributed by atoms with van der Waals surface area (Å²) in [4.78, 5) is 0. The average molecular weight is 277 g/mol. The lowest BCUT2D eigenvalue weighted by molar-refractivity contribution is -0.142. The molecule has 1 aromatic carbocycles. The first-order valence-electron chi connectivity index (χ1n) is 5.99. The highest BCUT2D eigenvalue weighted by Crippen LogP contribution is 2.27. The van der Waals surface area contributed by atoms with Crippen LogP contribution in [0, 0.1) is 5.82 Å². The van der Waals surface area contributed by atoms with Crippen LogP contribution in [0.3, 0.4) is 0 Å². The van der Waals surface area contributed by atoms with Gasteiger partial charge in [0.1, 0.15) is 0 Å². The molecule has 5 heteroatoms. The van der Waals surface area contributed by atoms with Gasteiger partial charge in [0.05, 0.1) is 11.6 Å². The number of ether oxygens (including phenoxy) is 3. The molecule has 0 saturated carbocycles. The molecule has 0 heterocycles. The molecule has 0 bridgehead atoms. The van der Waals surface area contributed by atoms with E-state index in [2.05, 4.69) is 0 Å². The van der Waals surface area contributed by atoms with Gasteiger partial charge < -0.3 is 14.2 Å². The maximum Gasteiger partial charge on any atom is 0.173 e. The van der Waals surface area contributed by atoms with Crippen molar-refractivity contribution in [2.75, 3.05) is 19.8 Å². The third kappa shape index (κ3) is 4.80. The van der Waals surface area contributed by atoms with Crippen molar-refractivity contribution in [3.05, 3.63) is 29.0 Å². The maximum absolute atomic E-state index is 13.4. The highest BCUT2D eigenvalue weighted by Gasteiger charge is 2.11. The predicted octanol–water partition coefficient (Wildman–Crippen LogP) is 3.65. The summed E-state index contributed by atoms with van der Waals surface area (Å²) in [5, 5.41) is 0.263. The Balaban J connectivity index is 2.44. The van der Waals surface area contributed by atoms with Crippen LogP contribution in [0.2, 0.25) is 5.02 Å². The van der Waals surface area contributed by atoms with Crippen LogP contribution in [0.1, 0.15) is 20.3 Å². The van der Waals surface area contributed by atoms with Gasteiger partial charge in [-0.25, -0.2) is 4.39 Å². The van der Waals surface area contributed by atoms with E-state index in [0.29, 0.717) is 19.6 Å². The monoisotopic (exact) mass is 276 g/mol. The van der Waals surface area contributed by atoms with Gasteiger partial charge in [0.25, 0.3) is 0 Å². The SMILES string of the molecule is CCOC(CCOc1c(F)cccc1Cl)OCC. The predicted molar refractivity (Wildman–Crippen MR) is 68.6 cm³/mol. The van der Waals surface area contributed by atoms with Crippen molar-refractivity contribution in [1.29, 1.82) is 0 Å². The third-order valence-electron chi connectivity index (χ3n) is 2.22. The van der Waals surface area contributed by atoms with Gasteiger partial charge in [-0.15, -0.1) is 0 Å². The zero-order valence-electron chi connectivity index (χ0n) is 10.6. The molecule has 0 aliphatic rings. The lowest BCUT2D eigenvalue weighted by Crippen LogP contribution is -2.20. The summed E-state index contributed by atoms with van der Waals surface area (Å²) in [6.07, 6.45) is 0.192. The Morgan fingerprint density at radius 2 is 1.89 bits per heavy atom. The first-order valence-corrected chi connectivity index (χ1v) is 6.36. The van der Waals surface area contributed by atoms with E-state index >= 15 is 0 Å². The smallest absolute Gasteiger partial charge is 0.173 e. The van der Waals surface area contributed by atoms with Crippen molar-refractivity contribution in [1.82, 2.24) is 0 Å². The zero-order chi connectivity index (χ0) is 13.4. The number of hydrogen-bond donors (Lipinski definition) is 0. The minimum absolute atomic E-state index is 0.0749. The summed E-state index contributed by atoms with van der Waals surface area (Å²) in [6.45, 7) is 5.18. The highest BCUT2D eigenvalue weighted by atomic mass is 35.5. The summed E-state index contributed by atoms with van der Waals surface area (Å²) in [6, 6.07) is 4.43. The lowest BCUT2D eigenvalue weighted by Gasteiger charge is -2.17. The highest BCUT2D eigenvalue weighted by molar-refractivity contribution is 6.32. The molecule has 0 atom stereocenters. The van der Waals surface area contributed by atoms with Gasteiger partial charge in [0, 0.05) is 19.6 Å².